The minimum atomic E-state index is -0.129. The third-order valence-electron chi connectivity index (χ3n) is 4.84. The van der Waals surface area contributed by atoms with Crippen LogP contribution in [0.2, 0.25) is 0 Å². The molecule has 27 heavy (non-hydrogen) atoms. The third kappa shape index (κ3) is 4.85. The van der Waals surface area contributed by atoms with Gasteiger partial charge < -0.3 is 10.2 Å². The van der Waals surface area contributed by atoms with Gasteiger partial charge in [0.25, 0.3) is 5.91 Å². The van der Waals surface area contributed by atoms with Crippen LogP contribution < -0.4 is 10.3 Å². The average molecular weight is 437 g/mol. The molecule has 3 rings (SSSR count). The number of carbonyl (C=O) groups excluding carboxylic acids is 2. The van der Waals surface area contributed by atoms with Crippen LogP contribution in [0, 0.1) is 6.92 Å². The predicted octanol–water partition coefficient (Wildman–Crippen LogP) is 1.14. The fraction of sp³-hybridized carbons (Fsp3) is 0.500. The maximum Gasteiger partial charge on any atom is 0.252 e. The van der Waals surface area contributed by atoms with Crippen molar-refractivity contribution < 1.29 is 9.59 Å². The quantitative estimate of drug-likeness (QED) is 0.697. The number of rotatable bonds is 5. The number of pyridine rings is 1. The van der Waals surface area contributed by atoms with Crippen LogP contribution in [0.3, 0.4) is 0 Å². The maximum atomic E-state index is 12.5. The van der Waals surface area contributed by atoms with E-state index < -0.39 is 0 Å². The molecule has 2 aliphatic heterocycles. The molecule has 2 aliphatic rings. The fourth-order valence-corrected chi connectivity index (χ4v) is 3.63. The molecule has 0 aromatic carbocycles. The molecule has 9 heteroatoms. The molecule has 0 spiro atoms. The van der Waals surface area contributed by atoms with Gasteiger partial charge >= 0.3 is 0 Å². The van der Waals surface area contributed by atoms with Crippen molar-refractivity contribution in [1.82, 2.24) is 24.1 Å². The lowest BCUT2D eigenvalue weighted by Gasteiger charge is -2.34. The van der Waals surface area contributed by atoms with Gasteiger partial charge in [-0.25, -0.2) is 0 Å². The molecule has 0 bridgehead atoms. The Morgan fingerprint density at radius 3 is 2.63 bits per heavy atom. The van der Waals surface area contributed by atoms with E-state index in [0.717, 1.165) is 50.6 Å². The van der Waals surface area contributed by atoms with Gasteiger partial charge in [0.15, 0.2) is 0 Å². The molecular formula is C18H25BrN6O2. The van der Waals surface area contributed by atoms with Gasteiger partial charge in [-0.15, -0.1) is 4.03 Å². The molecule has 0 atom stereocenters. The van der Waals surface area contributed by atoms with E-state index >= 15 is 0 Å². The van der Waals surface area contributed by atoms with Crippen LogP contribution >= 0.6 is 16.1 Å². The highest BCUT2D eigenvalue weighted by atomic mass is 79.9. The smallest absolute Gasteiger partial charge is 0.252 e. The van der Waals surface area contributed by atoms with E-state index in [4.69, 9.17) is 0 Å². The molecule has 1 aromatic heterocycles. The SMILES string of the molecule is CC(=O)N1CCN(CCNC(=O)c2cnc(C)c(N3C=CCN3Br)c2)CC1. The minimum Gasteiger partial charge on any atom is -0.351 e. The van der Waals surface area contributed by atoms with Crippen LogP contribution in [0.5, 0.6) is 0 Å². The molecule has 146 valence electrons. The third-order valence-corrected chi connectivity index (χ3v) is 5.47. The number of anilines is 1. The Labute approximate surface area is 168 Å². The number of hydrogen-bond donors (Lipinski definition) is 1. The summed E-state index contributed by atoms with van der Waals surface area (Å²) in [5, 5.41) is 4.89. The molecule has 0 unspecified atom stereocenters. The van der Waals surface area contributed by atoms with Crippen molar-refractivity contribution in [3.8, 4) is 0 Å². The summed E-state index contributed by atoms with van der Waals surface area (Å²) in [5.41, 5.74) is 2.26. The largest absolute Gasteiger partial charge is 0.351 e. The highest BCUT2D eigenvalue weighted by Gasteiger charge is 2.20. The average Bonchev–Trinajstić information content (AvgIpc) is 3.08. The van der Waals surface area contributed by atoms with E-state index in [2.05, 4.69) is 31.3 Å². The fourth-order valence-electron chi connectivity index (χ4n) is 3.19. The van der Waals surface area contributed by atoms with Crippen molar-refractivity contribution in [3.63, 3.8) is 0 Å². The van der Waals surface area contributed by atoms with E-state index in [1.165, 1.54) is 0 Å². The van der Waals surface area contributed by atoms with Crippen LogP contribution in [-0.4, -0.2) is 76.4 Å². The van der Waals surface area contributed by atoms with Gasteiger partial charge in [-0.05, 0) is 19.1 Å². The van der Waals surface area contributed by atoms with Gasteiger partial charge in [0.2, 0.25) is 5.91 Å². The lowest BCUT2D eigenvalue weighted by molar-refractivity contribution is -0.130. The molecule has 2 amide bonds. The summed E-state index contributed by atoms with van der Waals surface area (Å²) < 4.78 is 1.87. The second-order valence-electron chi connectivity index (χ2n) is 6.68. The molecule has 3 heterocycles. The van der Waals surface area contributed by atoms with Crippen LogP contribution in [-0.2, 0) is 4.79 Å². The summed E-state index contributed by atoms with van der Waals surface area (Å²) in [4.78, 5) is 32.4. The molecule has 8 nitrogen and oxygen atoms in total. The first-order chi connectivity index (χ1) is 13.0. The summed E-state index contributed by atoms with van der Waals surface area (Å²) in [6, 6.07) is 1.85. The van der Waals surface area contributed by atoms with E-state index in [0.29, 0.717) is 12.1 Å². The monoisotopic (exact) mass is 436 g/mol. The second-order valence-corrected chi connectivity index (χ2v) is 7.50. The molecule has 0 radical (unpaired) electrons. The number of piperazine rings is 1. The number of halogens is 1. The standard InChI is InChI=1S/C18H25BrN6O2/c1-14-17(24-5-3-6-25(24)19)12-16(13-21-14)18(27)20-4-7-22-8-10-23(11-9-22)15(2)26/h3,5,12-13H,4,6-11H2,1-2H3,(H,20,27). The van der Waals surface area contributed by atoms with Gasteiger partial charge in [0, 0.05) is 74.7 Å². The zero-order valence-corrected chi connectivity index (χ0v) is 17.3. The number of carbonyl (C=O) groups is 2. The minimum absolute atomic E-state index is 0.125. The van der Waals surface area contributed by atoms with Crippen LogP contribution in [0.25, 0.3) is 0 Å². The number of amides is 2. The first kappa shape index (κ1) is 19.8. The Balaban J connectivity index is 1.51. The summed E-state index contributed by atoms with van der Waals surface area (Å²) in [6.45, 7) is 8.80. The molecule has 0 saturated carbocycles. The lowest BCUT2D eigenvalue weighted by atomic mass is 10.2. The highest BCUT2D eigenvalue weighted by molar-refractivity contribution is 9.07. The molecule has 1 N–H and O–H groups in total. The number of hydrogen-bond acceptors (Lipinski definition) is 6. The predicted molar refractivity (Wildman–Crippen MR) is 107 cm³/mol. The number of nitrogens with one attached hydrogen (secondary N) is 1. The zero-order valence-electron chi connectivity index (χ0n) is 15.7. The lowest BCUT2D eigenvalue weighted by Crippen LogP contribution is -2.49. The van der Waals surface area contributed by atoms with Crippen molar-refractivity contribution in [2.75, 3.05) is 50.8 Å². The number of aryl methyl sites for hydroxylation is 1. The number of hydrazine groups is 1. The van der Waals surface area contributed by atoms with Gasteiger partial charge in [-0.3, -0.25) is 24.5 Å². The molecule has 1 saturated heterocycles. The topological polar surface area (TPSA) is 72.0 Å². The summed E-state index contributed by atoms with van der Waals surface area (Å²) in [5.74, 6) is -0.00376. The first-order valence-electron chi connectivity index (χ1n) is 9.07. The molecular weight excluding hydrogens is 412 g/mol. The van der Waals surface area contributed by atoms with Crippen molar-refractivity contribution in [2.45, 2.75) is 13.8 Å². The number of nitrogens with zero attached hydrogens (tertiary/aromatic N) is 5. The maximum absolute atomic E-state index is 12.5. The Morgan fingerprint density at radius 2 is 2.00 bits per heavy atom. The van der Waals surface area contributed by atoms with E-state index in [9.17, 15) is 9.59 Å². The van der Waals surface area contributed by atoms with Crippen LogP contribution in [0.4, 0.5) is 5.69 Å². The van der Waals surface area contributed by atoms with E-state index in [1.54, 1.807) is 13.1 Å². The highest BCUT2D eigenvalue weighted by Crippen LogP contribution is 2.26. The molecule has 1 aromatic rings. The molecule has 1 fully saturated rings. The van der Waals surface area contributed by atoms with Crippen molar-refractivity contribution >= 4 is 33.6 Å². The Kier molecular flexibility index (Phi) is 6.46. The van der Waals surface area contributed by atoms with Gasteiger partial charge in [-0.2, -0.15) is 0 Å². The Morgan fingerprint density at radius 1 is 1.26 bits per heavy atom. The van der Waals surface area contributed by atoms with E-state index in [-0.39, 0.29) is 11.8 Å². The molecule has 0 aliphatic carbocycles. The zero-order chi connectivity index (χ0) is 19.4. The number of aromatic nitrogens is 1. The van der Waals surface area contributed by atoms with Gasteiger partial charge in [0.1, 0.15) is 0 Å². The Hall–Kier alpha value is -1.97. The summed E-state index contributed by atoms with van der Waals surface area (Å²) >= 11 is 3.47. The first-order valence-corrected chi connectivity index (χ1v) is 9.78. The van der Waals surface area contributed by atoms with Crippen molar-refractivity contribution in [2.24, 2.45) is 0 Å². The van der Waals surface area contributed by atoms with Gasteiger partial charge in [-0.1, -0.05) is 0 Å². The second kappa shape index (κ2) is 8.81. The Bertz CT molecular complexity index is 733. The van der Waals surface area contributed by atoms with Crippen LogP contribution in [0.1, 0.15) is 23.0 Å². The van der Waals surface area contributed by atoms with Crippen molar-refractivity contribution in [3.05, 3.63) is 35.8 Å². The van der Waals surface area contributed by atoms with Crippen LogP contribution in [0.15, 0.2) is 24.5 Å². The summed E-state index contributed by atoms with van der Waals surface area (Å²) in [6.07, 6.45) is 5.58. The van der Waals surface area contributed by atoms with Crippen molar-refractivity contribution in [1.29, 1.82) is 0 Å². The van der Waals surface area contributed by atoms with Gasteiger partial charge in [0.05, 0.1) is 23.5 Å². The van der Waals surface area contributed by atoms with E-state index in [1.807, 2.05) is 39.2 Å². The summed E-state index contributed by atoms with van der Waals surface area (Å²) in [7, 11) is 0. The normalized spacial score (nSPS) is 18.2.